The lowest BCUT2D eigenvalue weighted by Gasteiger charge is -1.90. The molecule has 3 N–H and O–H groups in total. The minimum absolute atomic E-state index is 0.475. The minimum Gasteiger partial charge on any atom is -0.294 e. The van der Waals surface area contributed by atoms with Gasteiger partial charge < -0.3 is 0 Å². The molecule has 11 heavy (non-hydrogen) atoms. The number of fused-ring (bicyclic) bond motifs is 1. The first-order valence-corrected chi connectivity index (χ1v) is 3.36. The van der Waals surface area contributed by atoms with Gasteiger partial charge in [-0.05, 0) is 6.07 Å². The van der Waals surface area contributed by atoms with Crippen LogP contribution >= 0.6 is 0 Å². The number of nitrogens with two attached hydrogens (primary N) is 1. The fourth-order valence-electron chi connectivity index (χ4n) is 1.20. The van der Waals surface area contributed by atoms with Crippen molar-refractivity contribution in [1.82, 2.24) is 0 Å². The van der Waals surface area contributed by atoms with Crippen molar-refractivity contribution in [2.45, 2.75) is 0 Å². The van der Waals surface area contributed by atoms with Crippen LogP contribution in [0.5, 0.6) is 0 Å². The number of nitrogens with zero attached hydrogens (tertiary/aromatic N) is 1. The van der Waals surface area contributed by atoms with E-state index in [0.29, 0.717) is 5.71 Å². The van der Waals surface area contributed by atoms with Gasteiger partial charge in [-0.15, -0.1) is 0 Å². The molecule has 0 fully saturated rings. The van der Waals surface area contributed by atoms with E-state index in [9.17, 15) is 0 Å². The maximum Gasteiger partial charge on any atom is 0.244 e. The van der Waals surface area contributed by atoms with Crippen LogP contribution in [0.2, 0.25) is 0 Å². The van der Waals surface area contributed by atoms with Gasteiger partial charge in [-0.1, -0.05) is 16.8 Å². The van der Waals surface area contributed by atoms with Crippen molar-refractivity contribution in [2.24, 2.45) is 5.84 Å². The first-order valence-electron chi connectivity index (χ1n) is 3.36. The van der Waals surface area contributed by atoms with Gasteiger partial charge >= 0.3 is 0 Å². The second-order valence-electron chi connectivity index (χ2n) is 2.47. The lowest BCUT2D eigenvalue weighted by atomic mass is 10.1. The molecule has 3 heteroatoms. The molecule has 0 saturated carbocycles. The fraction of sp³-hybridized carbons (Fsp3) is 0. The van der Waals surface area contributed by atoms with Gasteiger partial charge in [0.25, 0.3) is 0 Å². The number of hydrogen-bond acceptors (Lipinski definition) is 2. The van der Waals surface area contributed by atoms with Gasteiger partial charge in [0.15, 0.2) is 0 Å². The average molecular weight is 146 g/mol. The molecule has 0 bridgehead atoms. The highest BCUT2D eigenvalue weighted by Crippen LogP contribution is 2.19. The van der Waals surface area contributed by atoms with E-state index < -0.39 is 0 Å². The molecule has 0 radical (unpaired) electrons. The van der Waals surface area contributed by atoms with E-state index in [1.165, 1.54) is 4.68 Å². The zero-order chi connectivity index (χ0) is 7.84. The summed E-state index contributed by atoms with van der Waals surface area (Å²) < 4.78 is 1.47. The molecule has 1 heterocycles. The second-order valence-corrected chi connectivity index (χ2v) is 2.47. The van der Waals surface area contributed by atoms with Crippen molar-refractivity contribution >= 4 is 17.6 Å². The summed E-state index contributed by atoms with van der Waals surface area (Å²) in [5.41, 5.74) is 2.27. The number of para-hydroxylation sites is 1. The van der Waals surface area contributed by atoms with E-state index in [1.807, 2.05) is 24.3 Å². The number of rotatable bonds is 0. The van der Waals surface area contributed by atoms with Gasteiger partial charge in [0.1, 0.15) is 5.71 Å². The molecule has 0 spiro atoms. The van der Waals surface area contributed by atoms with Crippen LogP contribution in [-0.4, -0.2) is 16.6 Å². The Balaban J connectivity index is 2.71. The standard InChI is InChI=1S/C8H8N3/c9-7-5-11(10)8-4-2-1-3-6(7)8/h1-5,9H,10H2/q+1. The molecule has 1 aromatic rings. The van der Waals surface area contributed by atoms with Crippen LogP contribution in [0.1, 0.15) is 5.56 Å². The molecule has 3 nitrogen and oxygen atoms in total. The van der Waals surface area contributed by atoms with Crippen LogP contribution < -0.4 is 5.84 Å². The van der Waals surface area contributed by atoms with Crippen molar-refractivity contribution in [3.05, 3.63) is 29.8 Å². The van der Waals surface area contributed by atoms with E-state index >= 15 is 0 Å². The molecule has 0 unspecified atom stereocenters. The average Bonchev–Trinajstić information content (AvgIpc) is 2.30. The van der Waals surface area contributed by atoms with Crippen LogP contribution in [0.25, 0.3) is 0 Å². The molecule has 0 atom stereocenters. The highest BCUT2D eigenvalue weighted by Gasteiger charge is 2.23. The normalized spacial score (nSPS) is 14.5. The number of benzene rings is 1. The Hall–Kier alpha value is -1.64. The van der Waals surface area contributed by atoms with Gasteiger partial charge in [-0.3, -0.25) is 5.41 Å². The molecule has 1 aliphatic heterocycles. The third-order valence-corrected chi connectivity index (χ3v) is 1.74. The number of hydrazine groups is 1. The van der Waals surface area contributed by atoms with E-state index in [-0.39, 0.29) is 0 Å². The van der Waals surface area contributed by atoms with Crippen LogP contribution in [0.4, 0.5) is 5.69 Å². The Kier molecular flexibility index (Phi) is 1.06. The Morgan fingerprint density at radius 2 is 2.00 bits per heavy atom. The van der Waals surface area contributed by atoms with Crippen LogP contribution in [0, 0.1) is 5.41 Å². The monoisotopic (exact) mass is 146 g/mol. The first-order chi connectivity index (χ1) is 5.29. The Morgan fingerprint density at radius 1 is 1.27 bits per heavy atom. The Bertz CT molecular complexity index is 352. The second kappa shape index (κ2) is 1.92. The van der Waals surface area contributed by atoms with Crippen molar-refractivity contribution < 1.29 is 4.68 Å². The highest BCUT2D eigenvalue weighted by atomic mass is 15.3. The summed E-state index contributed by atoms with van der Waals surface area (Å²) in [6, 6.07) is 7.60. The molecule has 0 saturated heterocycles. The summed E-state index contributed by atoms with van der Waals surface area (Å²) in [7, 11) is 0. The predicted octanol–water partition coefficient (Wildman–Crippen LogP) is 0.657. The molecule has 54 valence electrons. The summed E-state index contributed by atoms with van der Waals surface area (Å²) in [6.45, 7) is 0. The summed E-state index contributed by atoms with van der Waals surface area (Å²) in [5, 5.41) is 7.48. The minimum atomic E-state index is 0.475. The maximum absolute atomic E-state index is 7.48. The van der Waals surface area contributed by atoms with Crippen molar-refractivity contribution in [2.75, 3.05) is 0 Å². The molecule has 1 aliphatic rings. The van der Waals surface area contributed by atoms with E-state index in [4.69, 9.17) is 11.3 Å². The predicted molar refractivity (Wildman–Crippen MR) is 43.4 cm³/mol. The first kappa shape index (κ1) is 6.09. The Labute approximate surface area is 64.3 Å². The molecular formula is C8H8N3+. The van der Waals surface area contributed by atoms with Crippen molar-refractivity contribution in [3.63, 3.8) is 0 Å². The number of hydrazone groups is 1. The van der Waals surface area contributed by atoms with Crippen molar-refractivity contribution in [1.29, 1.82) is 5.41 Å². The van der Waals surface area contributed by atoms with Gasteiger partial charge in [-0.25, -0.2) is 5.84 Å². The summed E-state index contributed by atoms with van der Waals surface area (Å²) >= 11 is 0. The van der Waals surface area contributed by atoms with Crippen LogP contribution in [0.15, 0.2) is 24.3 Å². The quantitative estimate of drug-likeness (QED) is 0.410. The van der Waals surface area contributed by atoms with Gasteiger partial charge in [0.05, 0.1) is 5.56 Å². The zero-order valence-electron chi connectivity index (χ0n) is 5.91. The Morgan fingerprint density at radius 3 is 2.73 bits per heavy atom. The van der Waals surface area contributed by atoms with Gasteiger partial charge in [0.2, 0.25) is 11.9 Å². The molecule has 0 aliphatic carbocycles. The van der Waals surface area contributed by atoms with E-state index in [1.54, 1.807) is 6.21 Å². The molecule has 0 amide bonds. The topological polar surface area (TPSA) is 52.9 Å². The lowest BCUT2D eigenvalue weighted by Crippen LogP contribution is -2.11. The van der Waals surface area contributed by atoms with E-state index in [0.717, 1.165) is 11.3 Å². The number of hydrogen-bond donors (Lipinski definition) is 2. The molecular weight excluding hydrogens is 138 g/mol. The van der Waals surface area contributed by atoms with E-state index in [2.05, 4.69) is 0 Å². The van der Waals surface area contributed by atoms with Crippen LogP contribution in [-0.2, 0) is 0 Å². The van der Waals surface area contributed by atoms with Gasteiger partial charge in [0, 0.05) is 6.07 Å². The maximum atomic E-state index is 7.48. The van der Waals surface area contributed by atoms with Crippen LogP contribution in [0.3, 0.4) is 0 Å². The van der Waals surface area contributed by atoms with Gasteiger partial charge in [-0.2, -0.15) is 0 Å². The third-order valence-electron chi connectivity index (χ3n) is 1.74. The molecule has 2 rings (SSSR count). The third kappa shape index (κ3) is 0.741. The smallest absolute Gasteiger partial charge is 0.244 e. The zero-order valence-corrected chi connectivity index (χ0v) is 5.91. The summed E-state index contributed by atoms with van der Waals surface area (Å²) in [5.74, 6) is 5.57. The lowest BCUT2D eigenvalue weighted by molar-refractivity contribution is -0.443. The highest BCUT2D eigenvalue weighted by molar-refractivity contribution is 6.38. The SMILES string of the molecule is N=C1C=[N+](N)c2ccccc21. The molecule has 0 aromatic heterocycles. The molecule has 1 aromatic carbocycles. The fourth-order valence-corrected chi connectivity index (χ4v) is 1.20. The van der Waals surface area contributed by atoms with Crippen molar-refractivity contribution in [3.8, 4) is 0 Å². The summed E-state index contributed by atoms with van der Waals surface area (Å²) in [6.07, 6.45) is 1.60. The summed E-state index contributed by atoms with van der Waals surface area (Å²) in [4.78, 5) is 0. The number of nitrogens with one attached hydrogen (secondary N) is 1. The largest absolute Gasteiger partial charge is 0.294 e.